The van der Waals surface area contributed by atoms with Gasteiger partial charge in [-0.3, -0.25) is 13.8 Å². The first kappa shape index (κ1) is 11.2. The Balaban J connectivity index is 2.05. The maximum atomic E-state index is 11.7. The van der Waals surface area contributed by atoms with Crippen LogP contribution in [0.25, 0.3) is 5.78 Å². The lowest BCUT2D eigenvalue weighted by Crippen LogP contribution is -2.18. The van der Waals surface area contributed by atoms with E-state index in [1.54, 1.807) is 17.0 Å². The normalized spacial score (nSPS) is 23.8. The molecule has 0 amide bonds. The summed E-state index contributed by atoms with van der Waals surface area (Å²) in [5.41, 5.74) is 5.37. The number of hydrogen-bond acceptors (Lipinski definition) is 5. The molecule has 3 heterocycles. The molecule has 3 N–H and O–H groups in total. The van der Waals surface area contributed by atoms with Crippen LogP contribution < -0.4 is 11.3 Å². The summed E-state index contributed by atoms with van der Waals surface area (Å²) in [6, 6.07) is 1.28. The number of hydrogen-bond donors (Lipinski definition) is 2. The average Bonchev–Trinajstić information content (AvgIpc) is 2.93. The van der Waals surface area contributed by atoms with Gasteiger partial charge in [-0.25, -0.2) is 0 Å². The van der Waals surface area contributed by atoms with E-state index in [0.717, 1.165) is 12.8 Å². The van der Waals surface area contributed by atoms with Crippen molar-refractivity contribution in [1.29, 1.82) is 0 Å². The van der Waals surface area contributed by atoms with Gasteiger partial charge in [-0.15, -0.1) is 0 Å². The molecular formula is C11H14N4O3. The molecule has 0 aromatic carbocycles. The molecule has 0 saturated carbocycles. The highest BCUT2D eigenvalue weighted by Crippen LogP contribution is 2.28. The summed E-state index contributed by atoms with van der Waals surface area (Å²) < 4.78 is 8.85. The lowest BCUT2D eigenvalue weighted by molar-refractivity contribution is -0.0206. The third-order valence-electron chi connectivity index (χ3n) is 3.16. The average molecular weight is 250 g/mol. The molecule has 2 aromatic rings. The predicted octanol–water partition coefficient (Wildman–Crippen LogP) is -0.252. The van der Waals surface area contributed by atoms with E-state index in [9.17, 15) is 4.79 Å². The van der Waals surface area contributed by atoms with E-state index in [0.29, 0.717) is 5.78 Å². The van der Waals surface area contributed by atoms with Crippen LogP contribution in [-0.2, 0) is 4.74 Å². The Morgan fingerprint density at radius 2 is 2.33 bits per heavy atom. The zero-order chi connectivity index (χ0) is 12.7. The minimum Gasteiger partial charge on any atom is -0.394 e. The fourth-order valence-electron chi connectivity index (χ4n) is 2.27. The van der Waals surface area contributed by atoms with Gasteiger partial charge >= 0.3 is 0 Å². The Kier molecular flexibility index (Phi) is 2.57. The smallest absolute Gasteiger partial charge is 0.261 e. The molecule has 3 rings (SSSR count). The molecule has 1 aliphatic heterocycles. The van der Waals surface area contributed by atoms with Crippen molar-refractivity contribution in [2.24, 2.45) is 0 Å². The maximum absolute atomic E-state index is 11.7. The Morgan fingerprint density at radius 1 is 1.50 bits per heavy atom. The number of rotatable bonds is 2. The summed E-state index contributed by atoms with van der Waals surface area (Å²) in [5, 5.41) is 9.06. The standard InChI is InChI=1S/C11H14N4O3/c12-8-5-9(17)14-3-4-15(11(14)13-8)10-2-1-7(6-16)18-10/h3-5,7,10,16H,1-2,6,12H2/t7-,10+/m0/s1. The first-order chi connectivity index (χ1) is 8.69. The van der Waals surface area contributed by atoms with Crippen molar-refractivity contribution in [3.8, 4) is 0 Å². The molecule has 1 saturated heterocycles. The molecule has 0 radical (unpaired) electrons. The SMILES string of the molecule is Nc1cc(=O)n2ccn([C@H]3CC[C@@H](CO)O3)c2n1. The van der Waals surface area contributed by atoms with E-state index in [-0.39, 0.29) is 30.3 Å². The number of aromatic nitrogens is 3. The number of fused-ring (bicyclic) bond motifs is 1. The van der Waals surface area contributed by atoms with Crippen LogP contribution in [0.15, 0.2) is 23.3 Å². The van der Waals surface area contributed by atoms with Crippen LogP contribution in [0.4, 0.5) is 5.82 Å². The summed E-state index contributed by atoms with van der Waals surface area (Å²) in [7, 11) is 0. The molecule has 0 aliphatic carbocycles. The quantitative estimate of drug-likeness (QED) is 0.766. The Bertz CT molecular complexity index is 633. The summed E-state index contributed by atoms with van der Waals surface area (Å²) >= 11 is 0. The van der Waals surface area contributed by atoms with Gasteiger partial charge in [0.15, 0.2) is 0 Å². The van der Waals surface area contributed by atoms with E-state index in [1.165, 1.54) is 10.5 Å². The molecule has 1 aliphatic rings. The third-order valence-corrected chi connectivity index (χ3v) is 3.16. The minimum absolute atomic E-state index is 0.00518. The number of nitrogen functional groups attached to an aromatic ring is 1. The van der Waals surface area contributed by atoms with E-state index in [1.807, 2.05) is 0 Å². The number of nitrogens with zero attached hydrogens (tertiary/aromatic N) is 3. The number of ether oxygens (including phenoxy) is 1. The van der Waals surface area contributed by atoms with Crippen LogP contribution in [0.1, 0.15) is 19.1 Å². The number of aliphatic hydroxyl groups is 1. The monoisotopic (exact) mass is 250 g/mol. The number of aliphatic hydroxyl groups excluding tert-OH is 1. The Hall–Kier alpha value is -1.86. The van der Waals surface area contributed by atoms with E-state index < -0.39 is 0 Å². The summed E-state index contributed by atoms with van der Waals surface area (Å²) in [5.74, 6) is 0.653. The number of anilines is 1. The molecule has 96 valence electrons. The third kappa shape index (κ3) is 1.68. The first-order valence-electron chi connectivity index (χ1n) is 5.81. The van der Waals surface area contributed by atoms with Gasteiger partial charge in [0.2, 0.25) is 5.78 Å². The molecular weight excluding hydrogens is 236 g/mol. The van der Waals surface area contributed by atoms with Crippen molar-refractivity contribution in [3.05, 3.63) is 28.8 Å². The van der Waals surface area contributed by atoms with Crippen LogP contribution >= 0.6 is 0 Å². The second kappa shape index (κ2) is 4.11. The maximum Gasteiger partial charge on any atom is 0.261 e. The molecule has 18 heavy (non-hydrogen) atoms. The van der Waals surface area contributed by atoms with E-state index in [4.69, 9.17) is 15.6 Å². The van der Waals surface area contributed by atoms with Crippen LogP contribution in [-0.4, -0.2) is 31.8 Å². The highest BCUT2D eigenvalue weighted by molar-refractivity contribution is 5.39. The Morgan fingerprint density at radius 3 is 3.06 bits per heavy atom. The highest BCUT2D eigenvalue weighted by atomic mass is 16.5. The van der Waals surface area contributed by atoms with E-state index >= 15 is 0 Å². The van der Waals surface area contributed by atoms with E-state index in [2.05, 4.69) is 4.98 Å². The summed E-state index contributed by atoms with van der Waals surface area (Å²) in [4.78, 5) is 15.9. The highest BCUT2D eigenvalue weighted by Gasteiger charge is 2.27. The van der Waals surface area contributed by atoms with Crippen LogP contribution in [0.5, 0.6) is 0 Å². The second-order valence-electron chi connectivity index (χ2n) is 4.37. The molecule has 1 fully saturated rings. The molecule has 2 aromatic heterocycles. The largest absolute Gasteiger partial charge is 0.394 e. The minimum atomic E-state index is -0.215. The van der Waals surface area contributed by atoms with Gasteiger partial charge in [0.05, 0.1) is 12.7 Å². The lowest BCUT2D eigenvalue weighted by Gasteiger charge is -2.14. The molecule has 2 atom stereocenters. The van der Waals surface area contributed by atoms with Gasteiger partial charge in [-0.2, -0.15) is 4.98 Å². The van der Waals surface area contributed by atoms with Gasteiger partial charge in [0.25, 0.3) is 5.56 Å². The van der Waals surface area contributed by atoms with Crippen LogP contribution in [0.3, 0.4) is 0 Å². The van der Waals surface area contributed by atoms with Crippen molar-refractivity contribution < 1.29 is 9.84 Å². The number of imidazole rings is 1. The predicted molar refractivity (Wildman–Crippen MR) is 64.1 cm³/mol. The van der Waals surface area contributed by atoms with Crippen molar-refractivity contribution in [2.75, 3.05) is 12.3 Å². The molecule has 7 heteroatoms. The Labute approximate surface area is 102 Å². The zero-order valence-electron chi connectivity index (χ0n) is 9.69. The lowest BCUT2D eigenvalue weighted by atomic mass is 10.2. The summed E-state index contributed by atoms with van der Waals surface area (Å²) in [6.07, 6.45) is 4.59. The van der Waals surface area contributed by atoms with Crippen molar-refractivity contribution in [2.45, 2.75) is 25.2 Å². The van der Waals surface area contributed by atoms with Gasteiger partial charge in [-0.05, 0) is 12.8 Å². The van der Waals surface area contributed by atoms with Gasteiger partial charge in [0.1, 0.15) is 12.0 Å². The molecule has 0 spiro atoms. The van der Waals surface area contributed by atoms with Crippen molar-refractivity contribution in [1.82, 2.24) is 14.0 Å². The molecule has 0 bridgehead atoms. The summed E-state index contributed by atoms with van der Waals surface area (Å²) in [6.45, 7) is 0.00518. The van der Waals surface area contributed by atoms with Gasteiger partial charge in [0, 0.05) is 18.5 Å². The fourth-order valence-corrected chi connectivity index (χ4v) is 2.27. The number of nitrogens with two attached hydrogens (primary N) is 1. The zero-order valence-corrected chi connectivity index (χ0v) is 9.69. The van der Waals surface area contributed by atoms with Gasteiger partial charge < -0.3 is 15.6 Å². The molecule has 0 unspecified atom stereocenters. The van der Waals surface area contributed by atoms with Crippen LogP contribution in [0, 0.1) is 0 Å². The van der Waals surface area contributed by atoms with Crippen LogP contribution in [0.2, 0.25) is 0 Å². The van der Waals surface area contributed by atoms with Gasteiger partial charge in [-0.1, -0.05) is 0 Å². The van der Waals surface area contributed by atoms with Crippen molar-refractivity contribution >= 4 is 11.6 Å². The van der Waals surface area contributed by atoms with Crippen molar-refractivity contribution in [3.63, 3.8) is 0 Å². The first-order valence-corrected chi connectivity index (χ1v) is 5.81. The fraction of sp³-hybridized carbons (Fsp3) is 0.455. The second-order valence-corrected chi connectivity index (χ2v) is 4.37. The molecule has 7 nitrogen and oxygen atoms in total. The topological polar surface area (TPSA) is 94.8 Å².